The summed E-state index contributed by atoms with van der Waals surface area (Å²) in [4.78, 5) is 15.1. The molecule has 0 aliphatic carbocycles. The summed E-state index contributed by atoms with van der Waals surface area (Å²) in [6.45, 7) is 2.53. The molecule has 2 aliphatic heterocycles. The van der Waals surface area contributed by atoms with Crippen LogP contribution in [0.3, 0.4) is 0 Å². The second-order valence-electron chi connectivity index (χ2n) is 7.45. The predicted octanol–water partition coefficient (Wildman–Crippen LogP) is 3.09. The number of nitrogens with zero attached hydrogens (tertiary/aromatic N) is 1. The van der Waals surface area contributed by atoms with E-state index < -0.39 is 6.23 Å². The molecule has 0 radical (unpaired) electrons. The minimum Gasteiger partial charge on any atom is -0.474 e. The van der Waals surface area contributed by atoms with Crippen molar-refractivity contribution < 1.29 is 13.9 Å². The van der Waals surface area contributed by atoms with Gasteiger partial charge in [0.25, 0.3) is 5.91 Å². The highest BCUT2D eigenvalue weighted by molar-refractivity contribution is 6.31. The number of nitrogens with two attached hydrogens (primary N) is 1. The molecule has 3 N–H and O–H groups in total. The molecule has 2 heterocycles. The van der Waals surface area contributed by atoms with E-state index in [2.05, 4.69) is 10.2 Å². The minimum absolute atomic E-state index is 0.0988. The summed E-state index contributed by atoms with van der Waals surface area (Å²) in [5.74, 6) is 0.149. The van der Waals surface area contributed by atoms with Gasteiger partial charge in [-0.1, -0.05) is 23.7 Å². The van der Waals surface area contributed by atoms with Gasteiger partial charge in [-0.3, -0.25) is 15.4 Å². The first-order valence-electron chi connectivity index (χ1n) is 9.50. The number of ether oxygens (including phenoxy) is 1. The Balaban J connectivity index is 1.34. The molecule has 1 saturated heterocycles. The maximum absolute atomic E-state index is 13.0. The van der Waals surface area contributed by atoms with Gasteiger partial charge in [-0.2, -0.15) is 0 Å². The lowest BCUT2D eigenvalue weighted by Gasteiger charge is -2.32. The number of hydrogen-bond acceptors (Lipinski definition) is 4. The molecule has 28 heavy (non-hydrogen) atoms. The summed E-state index contributed by atoms with van der Waals surface area (Å²) in [7, 11) is 0. The predicted molar refractivity (Wildman–Crippen MR) is 106 cm³/mol. The summed E-state index contributed by atoms with van der Waals surface area (Å²) in [6.07, 6.45) is 1.83. The Morgan fingerprint density at radius 3 is 2.68 bits per heavy atom. The maximum atomic E-state index is 13.0. The first-order valence-corrected chi connectivity index (χ1v) is 9.88. The van der Waals surface area contributed by atoms with Crippen molar-refractivity contribution in [3.8, 4) is 5.75 Å². The lowest BCUT2D eigenvalue weighted by Crippen LogP contribution is -2.44. The zero-order valence-corrected chi connectivity index (χ0v) is 16.2. The van der Waals surface area contributed by atoms with Crippen LogP contribution in [0.2, 0.25) is 5.02 Å². The van der Waals surface area contributed by atoms with Gasteiger partial charge in [0.1, 0.15) is 11.6 Å². The highest BCUT2D eigenvalue weighted by atomic mass is 35.5. The van der Waals surface area contributed by atoms with Crippen LogP contribution in [0.1, 0.15) is 34.3 Å². The highest BCUT2D eigenvalue weighted by Gasteiger charge is 2.28. The SMILES string of the molecule is NC1Cc2cc(Cl)cc(C(=O)NC3CCN(Cc4ccc(F)cc4)CC3)c2O1. The Kier molecular flexibility index (Phi) is 5.53. The van der Waals surface area contributed by atoms with E-state index in [1.165, 1.54) is 12.1 Å². The standard InChI is InChI=1S/C21H23ClFN3O2/c22-15-9-14-10-19(24)28-20(14)18(11-15)21(27)25-17-5-7-26(8-6-17)12-13-1-3-16(23)4-2-13/h1-4,9,11,17,19H,5-8,10,12,24H2,(H,25,27). The fraction of sp³-hybridized carbons (Fsp3) is 0.381. The van der Waals surface area contributed by atoms with Gasteiger partial charge < -0.3 is 10.1 Å². The maximum Gasteiger partial charge on any atom is 0.255 e. The molecule has 0 spiro atoms. The van der Waals surface area contributed by atoms with Crippen LogP contribution in [0, 0.1) is 5.82 Å². The lowest BCUT2D eigenvalue weighted by atomic mass is 10.0. The molecular formula is C21H23ClFN3O2. The van der Waals surface area contributed by atoms with Crippen LogP contribution < -0.4 is 15.8 Å². The van der Waals surface area contributed by atoms with Crippen LogP contribution in [0.4, 0.5) is 4.39 Å². The number of halogens is 2. The number of likely N-dealkylation sites (tertiary alicyclic amines) is 1. The lowest BCUT2D eigenvalue weighted by molar-refractivity contribution is 0.0904. The van der Waals surface area contributed by atoms with Gasteiger partial charge in [0, 0.05) is 42.7 Å². The normalized spacial score (nSPS) is 19.9. The van der Waals surface area contributed by atoms with E-state index in [9.17, 15) is 9.18 Å². The average molecular weight is 404 g/mol. The molecule has 5 nitrogen and oxygen atoms in total. The molecule has 0 bridgehead atoms. The Labute approximate surface area is 168 Å². The Hall–Kier alpha value is -2.15. The summed E-state index contributed by atoms with van der Waals surface area (Å²) >= 11 is 6.16. The molecule has 2 aromatic rings. The van der Waals surface area contributed by atoms with Crippen LogP contribution in [0.5, 0.6) is 5.75 Å². The third-order valence-electron chi connectivity index (χ3n) is 5.31. The molecule has 1 atom stereocenters. The van der Waals surface area contributed by atoms with Gasteiger partial charge in [0.15, 0.2) is 6.23 Å². The van der Waals surface area contributed by atoms with Crippen molar-refractivity contribution in [3.63, 3.8) is 0 Å². The van der Waals surface area contributed by atoms with Crippen LogP contribution in [0.15, 0.2) is 36.4 Å². The number of carbonyl (C=O) groups excluding carboxylic acids is 1. The fourth-order valence-corrected chi connectivity index (χ4v) is 4.11. The van der Waals surface area contributed by atoms with Crippen molar-refractivity contribution in [1.82, 2.24) is 10.2 Å². The average Bonchev–Trinajstić information content (AvgIpc) is 3.04. The monoisotopic (exact) mass is 403 g/mol. The molecular weight excluding hydrogens is 381 g/mol. The van der Waals surface area contributed by atoms with E-state index in [0.717, 1.165) is 43.6 Å². The van der Waals surface area contributed by atoms with Crippen molar-refractivity contribution >= 4 is 17.5 Å². The van der Waals surface area contributed by atoms with E-state index in [1.54, 1.807) is 12.1 Å². The van der Waals surface area contributed by atoms with E-state index in [-0.39, 0.29) is 17.8 Å². The van der Waals surface area contributed by atoms with E-state index >= 15 is 0 Å². The summed E-state index contributed by atoms with van der Waals surface area (Å²) in [5.41, 5.74) is 8.26. The van der Waals surface area contributed by atoms with Crippen molar-refractivity contribution in [2.24, 2.45) is 5.73 Å². The van der Waals surface area contributed by atoms with Crippen molar-refractivity contribution in [2.75, 3.05) is 13.1 Å². The van der Waals surface area contributed by atoms with E-state index in [0.29, 0.717) is 22.8 Å². The first-order chi connectivity index (χ1) is 13.5. The summed E-state index contributed by atoms with van der Waals surface area (Å²) < 4.78 is 18.6. The largest absolute Gasteiger partial charge is 0.474 e. The van der Waals surface area contributed by atoms with E-state index in [4.69, 9.17) is 22.1 Å². The first kappa shape index (κ1) is 19.2. The molecule has 2 aliphatic rings. The quantitative estimate of drug-likeness (QED) is 0.823. The Morgan fingerprint density at radius 1 is 1.25 bits per heavy atom. The van der Waals surface area contributed by atoms with Crippen molar-refractivity contribution in [3.05, 3.63) is 63.9 Å². The third kappa shape index (κ3) is 4.29. The van der Waals surface area contributed by atoms with Gasteiger partial charge in [-0.15, -0.1) is 0 Å². The topological polar surface area (TPSA) is 67.6 Å². The minimum atomic E-state index is -0.435. The molecule has 0 aromatic heterocycles. The molecule has 1 amide bonds. The highest BCUT2D eigenvalue weighted by Crippen LogP contribution is 2.34. The van der Waals surface area contributed by atoms with Crippen LogP contribution >= 0.6 is 11.6 Å². The number of carbonyl (C=O) groups is 1. The Bertz CT molecular complexity index is 867. The zero-order chi connectivity index (χ0) is 19.7. The molecule has 2 aromatic carbocycles. The van der Waals surface area contributed by atoms with Gasteiger partial charge in [0.05, 0.1) is 5.56 Å². The zero-order valence-electron chi connectivity index (χ0n) is 15.5. The van der Waals surface area contributed by atoms with Crippen molar-refractivity contribution in [1.29, 1.82) is 0 Å². The molecule has 0 saturated carbocycles. The van der Waals surface area contributed by atoms with Crippen LogP contribution in [0.25, 0.3) is 0 Å². The smallest absolute Gasteiger partial charge is 0.255 e. The van der Waals surface area contributed by atoms with Crippen LogP contribution in [-0.4, -0.2) is 36.2 Å². The Morgan fingerprint density at radius 2 is 1.96 bits per heavy atom. The third-order valence-corrected chi connectivity index (χ3v) is 5.53. The second-order valence-corrected chi connectivity index (χ2v) is 7.89. The number of nitrogens with one attached hydrogen (secondary N) is 1. The van der Waals surface area contributed by atoms with E-state index in [1.807, 2.05) is 12.1 Å². The molecule has 4 rings (SSSR count). The summed E-state index contributed by atoms with van der Waals surface area (Å²) in [5, 5.41) is 3.61. The number of hydrogen-bond donors (Lipinski definition) is 2. The molecule has 1 unspecified atom stereocenters. The van der Waals surface area contributed by atoms with Gasteiger partial charge in [-0.25, -0.2) is 4.39 Å². The number of benzene rings is 2. The van der Waals surface area contributed by atoms with Crippen molar-refractivity contribution in [2.45, 2.75) is 38.1 Å². The summed E-state index contributed by atoms with van der Waals surface area (Å²) in [6, 6.07) is 10.1. The number of fused-ring (bicyclic) bond motifs is 1. The van der Waals surface area contributed by atoms with Crippen LogP contribution in [-0.2, 0) is 13.0 Å². The molecule has 1 fully saturated rings. The van der Waals surface area contributed by atoms with Gasteiger partial charge >= 0.3 is 0 Å². The van der Waals surface area contributed by atoms with Gasteiger partial charge in [-0.05, 0) is 42.7 Å². The number of amides is 1. The number of piperidine rings is 1. The number of rotatable bonds is 4. The molecule has 148 valence electrons. The molecule has 7 heteroatoms. The van der Waals surface area contributed by atoms with Gasteiger partial charge in [0.2, 0.25) is 0 Å². The second kappa shape index (κ2) is 8.07. The fourth-order valence-electron chi connectivity index (χ4n) is 3.87.